The topological polar surface area (TPSA) is 82.2 Å². The van der Waals surface area contributed by atoms with E-state index in [0.29, 0.717) is 18.8 Å². The summed E-state index contributed by atoms with van der Waals surface area (Å²) in [4.78, 5) is 17.1. The SMILES string of the molecule is Cc1noc(C)c1CCC(=O)NC(c1nccn1C)C1CCOCC1. The van der Waals surface area contributed by atoms with Gasteiger partial charge in [0.05, 0.1) is 11.7 Å². The summed E-state index contributed by atoms with van der Waals surface area (Å²) in [6.45, 7) is 5.26. The summed E-state index contributed by atoms with van der Waals surface area (Å²) in [5, 5.41) is 7.15. The Hall–Kier alpha value is -2.15. The lowest BCUT2D eigenvalue weighted by molar-refractivity contribution is -0.122. The van der Waals surface area contributed by atoms with Crippen LogP contribution < -0.4 is 5.32 Å². The largest absolute Gasteiger partial charge is 0.381 e. The molecule has 3 heterocycles. The fraction of sp³-hybridized carbons (Fsp3) is 0.611. The summed E-state index contributed by atoms with van der Waals surface area (Å²) in [6.07, 6.45) is 6.60. The van der Waals surface area contributed by atoms with Gasteiger partial charge in [-0.15, -0.1) is 0 Å². The molecule has 7 heteroatoms. The molecule has 0 radical (unpaired) electrons. The second kappa shape index (κ2) is 7.82. The van der Waals surface area contributed by atoms with Crippen molar-refractivity contribution in [2.45, 2.75) is 45.6 Å². The van der Waals surface area contributed by atoms with Crippen molar-refractivity contribution < 1.29 is 14.1 Å². The van der Waals surface area contributed by atoms with Crippen LogP contribution in [0.15, 0.2) is 16.9 Å². The highest BCUT2D eigenvalue weighted by Crippen LogP contribution is 2.29. The van der Waals surface area contributed by atoms with Gasteiger partial charge in [-0.3, -0.25) is 4.79 Å². The highest BCUT2D eigenvalue weighted by molar-refractivity contribution is 5.76. The van der Waals surface area contributed by atoms with Gasteiger partial charge >= 0.3 is 0 Å². The van der Waals surface area contributed by atoms with Crippen LogP contribution in [0.1, 0.15) is 48.1 Å². The third kappa shape index (κ3) is 4.10. The van der Waals surface area contributed by atoms with E-state index in [1.807, 2.05) is 31.7 Å². The van der Waals surface area contributed by atoms with Gasteiger partial charge in [0, 0.05) is 44.6 Å². The van der Waals surface area contributed by atoms with E-state index in [1.165, 1.54) is 0 Å². The van der Waals surface area contributed by atoms with E-state index in [-0.39, 0.29) is 11.9 Å². The highest BCUT2D eigenvalue weighted by atomic mass is 16.5. The predicted molar refractivity (Wildman–Crippen MR) is 91.9 cm³/mol. The van der Waals surface area contributed by atoms with E-state index < -0.39 is 0 Å². The summed E-state index contributed by atoms with van der Waals surface area (Å²) in [6, 6.07) is -0.0823. The Balaban J connectivity index is 1.67. The van der Waals surface area contributed by atoms with Crippen LogP contribution in [0, 0.1) is 19.8 Å². The summed E-state index contributed by atoms with van der Waals surface area (Å²) in [5.74, 6) is 2.06. The highest BCUT2D eigenvalue weighted by Gasteiger charge is 2.29. The molecule has 0 aromatic carbocycles. The molecule has 7 nitrogen and oxygen atoms in total. The molecule has 2 aromatic rings. The van der Waals surface area contributed by atoms with Gasteiger partial charge in [0.2, 0.25) is 5.91 Å². The summed E-state index contributed by atoms with van der Waals surface area (Å²) < 4.78 is 12.6. The number of rotatable bonds is 6. The number of imidazole rings is 1. The van der Waals surface area contributed by atoms with Crippen molar-refractivity contribution in [2.75, 3.05) is 13.2 Å². The molecule has 1 fully saturated rings. The first-order valence-electron chi connectivity index (χ1n) is 8.82. The zero-order chi connectivity index (χ0) is 17.8. The normalized spacial score (nSPS) is 16.8. The molecule has 1 N–H and O–H groups in total. The minimum atomic E-state index is -0.0823. The number of nitrogens with one attached hydrogen (secondary N) is 1. The van der Waals surface area contributed by atoms with Gasteiger partial charge in [0.25, 0.3) is 0 Å². The van der Waals surface area contributed by atoms with E-state index in [1.54, 1.807) is 6.20 Å². The van der Waals surface area contributed by atoms with Crippen LogP contribution in [0.3, 0.4) is 0 Å². The standard InChI is InChI=1S/C18H26N4O3/c1-12-15(13(2)25-21-12)4-5-16(23)20-17(14-6-10-24-11-7-14)18-19-8-9-22(18)3/h8-9,14,17H,4-7,10-11H2,1-3H3,(H,20,23). The van der Waals surface area contributed by atoms with Crippen LogP contribution >= 0.6 is 0 Å². The average Bonchev–Trinajstić information content (AvgIpc) is 3.17. The molecular formula is C18H26N4O3. The Bertz CT molecular complexity index is 696. The zero-order valence-electron chi connectivity index (χ0n) is 15.1. The van der Waals surface area contributed by atoms with Gasteiger partial charge in [0.15, 0.2) is 0 Å². The van der Waals surface area contributed by atoms with Gasteiger partial charge in [0.1, 0.15) is 11.6 Å². The predicted octanol–water partition coefficient (Wildman–Crippen LogP) is 2.24. The number of hydrogen-bond acceptors (Lipinski definition) is 5. The zero-order valence-corrected chi connectivity index (χ0v) is 15.1. The third-order valence-corrected chi connectivity index (χ3v) is 4.97. The number of carbonyl (C=O) groups excluding carboxylic acids is 1. The number of ether oxygens (including phenoxy) is 1. The Morgan fingerprint density at radius 1 is 1.40 bits per heavy atom. The monoisotopic (exact) mass is 346 g/mol. The van der Waals surface area contributed by atoms with E-state index in [0.717, 1.165) is 48.9 Å². The third-order valence-electron chi connectivity index (χ3n) is 4.97. The summed E-state index contributed by atoms with van der Waals surface area (Å²) in [5.41, 5.74) is 1.88. The van der Waals surface area contributed by atoms with Gasteiger partial charge in [-0.25, -0.2) is 4.98 Å². The number of hydrogen-bond donors (Lipinski definition) is 1. The fourth-order valence-corrected chi connectivity index (χ4v) is 3.46. The maximum Gasteiger partial charge on any atom is 0.220 e. The van der Waals surface area contributed by atoms with E-state index in [2.05, 4.69) is 15.5 Å². The Kier molecular flexibility index (Phi) is 5.53. The quantitative estimate of drug-likeness (QED) is 0.867. The molecular weight excluding hydrogens is 320 g/mol. The second-order valence-electron chi connectivity index (χ2n) is 6.69. The van der Waals surface area contributed by atoms with Gasteiger partial charge in [-0.1, -0.05) is 5.16 Å². The van der Waals surface area contributed by atoms with Crippen LogP contribution in [0.25, 0.3) is 0 Å². The molecule has 0 spiro atoms. The van der Waals surface area contributed by atoms with Crippen molar-refractivity contribution in [3.8, 4) is 0 Å². The minimum absolute atomic E-state index is 0.0273. The molecule has 0 saturated carbocycles. The summed E-state index contributed by atoms with van der Waals surface area (Å²) in [7, 11) is 1.96. The number of aryl methyl sites for hydroxylation is 3. The molecule has 0 aliphatic carbocycles. The molecule has 1 unspecified atom stereocenters. The van der Waals surface area contributed by atoms with Crippen molar-refractivity contribution in [1.82, 2.24) is 20.0 Å². The lowest BCUT2D eigenvalue weighted by atomic mass is 9.91. The smallest absolute Gasteiger partial charge is 0.220 e. The first-order valence-corrected chi connectivity index (χ1v) is 8.82. The molecule has 0 bridgehead atoms. The lowest BCUT2D eigenvalue weighted by Gasteiger charge is -2.30. The fourth-order valence-electron chi connectivity index (χ4n) is 3.46. The Morgan fingerprint density at radius 2 is 2.16 bits per heavy atom. The molecule has 1 aliphatic rings. The molecule has 1 amide bonds. The number of carbonyl (C=O) groups is 1. The number of aromatic nitrogens is 3. The average molecular weight is 346 g/mol. The molecule has 1 saturated heterocycles. The Labute approximate surface area is 147 Å². The second-order valence-corrected chi connectivity index (χ2v) is 6.69. The van der Waals surface area contributed by atoms with Crippen LogP contribution in [0.4, 0.5) is 0 Å². The van der Waals surface area contributed by atoms with Crippen molar-refractivity contribution in [3.05, 3.63) is 35.2 Å². The van der Waals surface area contributed by atoms with Crippen molar-refractivity contribution >= 4 is 5.91 Å². The Morgan fingerprint density at radius 3 is 2.76 bits per heavy atom. The van der Waals surface area contributed by atoms with Gasteiger partial charge in [-0.05, 0) is 39.0 Å². The number of amides is 1. The molecule has 25 heavy (non-hydrogen) atoms. The molecule has 2 aromatic heterocycles. The van der Waals surface area contributed by atoms with Crippen LogP contribution in [0.5, 0.6) is 0 Å². The first kappa shape index (κ1) is 17.7. The molecule has 1 atom stereocenters. The van der Waals surface area contributed by atoms with Crippen LogP contribution in [0.2, 0.25) is 0 Å². The van der Waals surface area contributed by atoms with E-state index >= 15 is 0 Å². The first-order chi connectivity index (χ1) is 12.1. The van der Waals surface area contributed by atoms with Crippen molar-refractivity contribution in [3.63, 3.8) is 0 Å². The van der Waals surface area contributed by atoms with Crippen LogP contribution in [-0.4, -0.2) is 33.8 Å². The maximum atomic E-state index is 12.6. The van der Waals surface area contributed by atoms with Gasteiger partial charge in [-0.2, -0.15) is 0 Å². The van der Waals surface area contributed by atoms with E-state index in [9.17, 15) is 4.79 Å². The maximum absolute atomic E-state index is 12.6. The van der Waals surface area contributed by atoms with E-state index in [4.69, 9.17) is 9.26 Å². The lowest BCUT2D eigenvalue weighted by Crippen LogP contribution is -2.37. The number of nitrogens with zero attached hydrogens (tertiary/aromatic N) is 3. The molecule has 136 valence electrons. The van der Waals surface area contributed by atoms with Crippen LogP contribution in [-0.2, 0) is 23.0 Å². The van der Waals surface area contributed by atoms with Crippen molar-refractivity contribution in [2.24, 2.45) is 13.0 Å². The van der Waals surface area contributed by atoms with Crippen molar-refractivity contribution in [1.29, 1.82) is 0 Å². The molecule has 1 aliphatic heterocycles. The minimum Gasteiger partial charge on any atom is -0.381 e. The summed E-state index contributed by atoms with van der Waals surface area (Å²) >= 11 is 0. The van der Waals surface area contributed by atoms with Gasteiger partial charge < -0.3 is 19.1 Å². The molecule has 3 rings (SSSR count).